The van der Waals surface area contributed by atoms with Gasteiger partial charge in [0.05, 0.1) is 6.20 Å². The van der Waals surface area contributed by atoms with Crippen molar-refractivity contribution in [2.24, 2.45) is 0 Å². The van der Waals surface area contributed by atoms with E-state index in [0.717, 1.165) is 16.7 Å². The molecular weight excluding hydrogens is 353 g/mol. The van der Waals surface area contributed by atoms with Crippen LogP contribution in [0.25, 0.3) is 22.3 Å². The minimum absolute atomic E-state index is 0.0180. The summed E-state index contributed by atoms with van der Waals surface area (Å²) >= 11 is 5.98. The van der Waals surface area contributed by atoms with Crippen LogP contribution in [0.3, 0.4) is 0 Å². The van der Waals surface area contributed by atoms with Gasteiger partial charge in [0.1, 0.15) is 22.3 Å². The lowest BCUT2D eigenvalue weighted by Crippen LogP contribution is -2.07. The quantitative estimate of drug-likeness (QED) is 0.533. The van der Waals surface area contributed by atoms with Gasteiger partial charge in [0.2, 0.25) is 0 Å². The predicted molar refractivity (Wildman–Crippen MR) is 101 cm³/mol. The van der Waals surface area contributed by atoms with E-state index >= 15 is 0 Å². The number of pyridine rings is 1. The SMILES string of the molecule is C[C@H](Nc1cc(-c2c[nH]c3ncc(Cl)nc23)ccn1)c1ccc(F)cc1. The normalized spacial score (nSPS) is 12.3. The minimum Gasteiger partial charge on any atom is -0.364 e. The second-order valence-corrected chi connectivity index (χ2v) is 6.33. The van der Waals surface area contributed by atoms with Crippen molar-refractivity contribution in [1.82, 2.24) is 19.9 Å². The zero-order valence-electron chi connectivity index (χ0n) is 13.9. The van der Waals surface area contributed by atoms with E-state index in [1.54, 1.807) is 18.3 Å². The van der Waals surface area contributed by atoms with Crippen molar-refractivity contribution in [1.29, 1.82) is 0 Å². The number of aromatic nitrogens is 4. The largest absolute Gasteiger partial charge is 0.364 e. The summed E-state index contributed by atoms with van der Waals surface area (Å²) in [5.41, 5.74) is 4.20. The predicted octanol–water partition coefficient (Wildman–Crippen LogP) is 4.99. The van der Waals surface area contributed by atoms with Crippen LogP contribution in [-0.4, -0.2) is 19.9 Å². The van der Waals surface area contributed by atoms with E-state index in [-0.39, 0.29) is 11.9 Å². The molecule has 130 valence electrons. The lowest BCUT2D eigenvalue weighted by Gasteiger charge is -2.15. The van der Waals surface area contributed by atoms with E-state index in [1.807, 2.05) is 25.3 Å². The molecule has 0 fully saturated rings. The highest BCUT2D eigenvalue weighted by Gasteiger charge is 2.11. The van der Waals surface area contributed by atoms with Crippen molar-refractivity contribution >= 4 is 28.6 Å². The summed E-state index contributed by atoms with van der Waals surface area (Å²) in [6.45, 7) is 2.00. The molecule has 1 atom stereocenters. The van der Waals surface area contributed by atoms with Crippen molar-refractivity contribution in [2.45, 2.75) is 13.0 Å². The summed E-state index contributed by atoms with van der Waals surface area (Å²) < 4.78 is 13.1. The Balaban J connectivity index is 1.64. The van der Waals surface area contributed by atoms with Gasteiger partial charge in [-0.25, -0.2) is 19.3 Å². The number of nitrogens with zero attached hydrogens (tertiary/aromatic N) is 3. The molecule has 5 nitrogen and oxygen atoms in total. The molecule has 0 radical (unpaired) electrons. The maximum Gasteiger partial charge on any atom is 0.156 e. The number of benzene rings is 1. The highest BCUT2D eigenvalue weighted by molar-refractivity contribution is 6.29. The minimum atomic E-state index is -0.250. The zero-order valence-corrected chi connectivity index (χ0v) is 14.6. The van der Waals surface area contributed by atoms with Crippen LogP contribution in [0.2, 0.25) is 5.15 Å². The van der Waals surface area contributed by atoms with Gasteiger partial charge in [-0.2, -0.15) is 0 Å². The first kappa shape index (κ1) is 16.5. The molecule has 0 aliphatic carbocycles. The van der Waals surface area contributed by atoms with Gasteiger partial charge in [-0.05, 0) is 42.3 Å². The molecule has 7 heteroatoms. The third kappa shape index (κ3) is 3.23. The number of rotatable bonds is 4. The number of anilines is 1. The number of hydrogen-bond acceptors (Lipinski definition) is 4. The highest BCUT2D eigenvalue weighted by Crippen LogP contribution is 2.29. The Morgan fingerprint density at radius 2 is 1.96 bits per heavy atom. The van der Waals surface area contributed by atoms with E-state index in [1.165, 1.54) is 18.3 Å². The fourth-order valence-electron chi connectivity index (χ4n) is 2.82. The first-order chi connectivity index (χ1) is 12.6. The van der Waals surface area contributed by atoms with Crippen LogP contribution in [0.4, 0.5) is 10.2 Å². The zero-order chi connectivity index (χ0) is 18.1. The van der Waals surface area contributed by atoms with Crippen molar-refractivity contribution in [3.63, 3.8) is 0 Å². The molecule has 3 aromatic heterocycles. The lowest BCUT2D eigenvalue weighted by molar-refractivity contribution is 0.626. The Bertz CT molecular complexity index is 1060. The Kier molecular flexibility index (Phi) is 4.26. The second kappa shape index (κ2) is 6.72. The number of halogens is 2. The van der Waals surface area contributed by atoms with Gasteiger partial charge in [-0.15, -0.1) is 0 Å². The van der Waals surface area contributed by atoms with Crippen molar-refractivity contribution in [2.75, 3.05) is 5.32 Å². The molecule has 0 aliphatic rings. The molecule has 26 heavy (non-hydrogen) atoms. The standard InChI is InChI=1S/C19H15ClFN5/c1-11(12-2-4-14(21)5-3-12)25-17-8-13(6-7-22-17)15-9-23-19-18(15)26-16(20)10-24-19/h2-11H,1H3,(H,22,25)(H,23,24)/t11-/m0/s1. The van der Waals surface area contributed by atoms with Crippen LogP contribution >= 0.6 is 11.6 Å². The number of H-pyrrole nitrogens is 1. The summed E-state index contributed by atoms with van der Waals surface area (Å²) in [6.07, 6.45) is 5.09. The van der Waals surface area contributed by atoms with Crippen LogP contribution in [-0.2, 0) is 0 Å². The van der Waals surface area contributed by atoms with Crippen molar-refractivity contribution in [3.05, 3.63) is 71.5 Å². The van der Waals surface area contributed by atoms with E-state index < -0.39 is 0 Å². The molecule has 0 amide bonds. The van der Waals surface area contributed by atoms with E-state index in [9.17, 15) is 4.39 Å². The third-order valence-corrected chi connectivity index (χ3v) is 4.34. The number of fused-ring (bicyclic) bond motifs is 1. The number of hydrogen-bond donors (Lipinski definition) is 2. The molecule has 0 aliphatic heterocycles. The summed E-state index contributed by atoms with van der Waals surface area (Å²) in [5.74, 6) is 0.462. The molecule has 0 spiro atoms. The molecule has 4 rings (SSSR count). The Hall–Kier alpha value is -2.99. The van der Waals surface area contributed by atoms with Gasteiger partial charge in [-0.1, -0.05) is 23.7 Å². The third-order valence-electron chi connectivity index (χ3n) is 4.16. The van der Waals surface area contributed by atoms with Crippen LogP contribution < -0.4 is 5.32 Å². The smallest absolute Gasteiger partial charge is 0.156 e. The van der Waals surface area contributed by atoms with Gasteiger partial charge in [0.25, 0.3) is 0 Å². The van der Waals surface area contributed by atoms with Gasteiger partial charge in [0, 0.05) is 24.0 Å². The van der Waals surface area contributed by atoms with E-state index in [0.29, 0.717) is 22.1 Å². The molecule has 0 unspecified atom stereocenters. The molecule has 4 aromatic rings. The number of nitrogens with one attached hydrogen (secondary N) is 2. The molecule has 3 heterocycles. The van der Waals surface area contributed by atoms with Crippen LogP contribution in [0.15, 0.2) is 55.0 Å². The summed E-state index contributed by atoms with van der Waals surface area (Å²) in [4.78, 5) is 16.1. The van der Waals surface area contributed by atoms with Gasteiger partial charge in [-0.3, -0.25) is 0 Å². The Morgan fingerprint density at radius 3 is 2.77 bits per heavy atom. The van der Waals surface area contributed by atoms with Crippen molar-refractivity contribution in [3.8, 4) is 11.1 Å². The average Bonchev–Trinajstić information content (AvgIpc) is 3.05. The van der Waals surface area contributed by atoms with Crippen LogP contribution in [0.1, 0.15) is 18.5 Å². The summed E-state index contributed by atoms with van der Waals surface area (Å²) in [6, 6.07) is 10.2. The second-order valence-electron chi connectivity index (χ2n) is 5.94. The monoisotopic (exact) mass is 367 g/mol. The van der Waals surface area contributed by atoms with Crippen molar-refractivity contribution < 1.29 is 4.39 Å². The first-order valence-corrected chi connectivity index (χ1v) is 8.46. The van der Waals surface area contributed by atoms with Gasteiger partial charge < -0.3 is 10.3 Å². The lowest BCUT2D eigenvalue weighted by atomic mass is 10.1. The molecule has 0 bridgehead atoms. The van der Waals surface area contributed by atoms with E-state index in [2.05, 4.69) is 25.3 Å². The maximum absolute atomic E-state index is 13.1. The fourth-order valence-corrected chi connectivity index (χ4v) is 2.96. The molecule has 0 saturated heterocycles. The molecule has 2 N–H and O–H groups in total. The van der Waals surface area contributed by atoms with Gasteiger partial charge in [0.15, 0.2) is 5.65 Å². The fraction of sp³-hybridized carbons (Fsp3) is 0.105. The molecule has 0 saturated carbocycles. The Labute approximate surface area is 154 Å². The maximum atomic E-state index is 13.1. The first-order valence-electron chi connectivity index (χ1n) is 8.08. The molecule has 1 aromatic carbocycles. The van der Waals surface area contributed by atoms with Gasteiger partial charge >= 0.3 is 0 Å². The summed E-state index contributed by atoms with van der Waals surface area (Å²) in [7, 11) is 0. The average molecular weight is 368 g/mol. The van der Waals surface area contributed by atoms with E-state index in [4.69, 9.17) is 11.6 Å². The van der Waals surface area contributed by atoms with Crippen LogP contribution in [0, 0.1) is 5.82 Å². The highest BCUT2D eigenvalue weighted by atomic mass is 35.5. The topological polar surface area (TPSA) is 66.5 Å². The number of aromatic amines is 1. The summed E-state index contributed by atoms with van der Waals surface area (Å²) in [5, 5.41) is 3.68. The Morgan fingerprint density at radius 1 is 1.15 bits per heavy atom. The van der Waals surface area contributed by atoms with Crippen LogP contribution in [0.5, 0.6) is 0 Å². The molecular formula is C19H15ClFN5.